The molecule has 2 rings (SSSR count). The number of nitrogens with zero attached hydrogens (tertiary/aromatic N) is 1. The Labute approximate surface area is 82.4 Å². The van der Waals surface area contributed by atoms with Crippen LogP contribution in [0.15, 0.2) is 18.3 Å². The van der Waals surface area contributed by atoms with Crippen molar-refractivity contribution in [3.05, 3.63) is 28.8 Å². The second kappa shape index (κ2) is 3.46. The summed E-state index contributed by atoms with van der Waals surface area (Å²) in [7, 11) is 0. The van der Waals surface area contributed by atoms with E-state index in [4.69, 9.17) is 0 Å². The summed E-state index contributed by atoms with van der Waals surface area (Å²) in [5, 5.41) is 1.35. The fraction of sp³-hybridized carbons (Fsp3) is 0.364. The van der Waals surface area contributed by atoms with Crippen LogP contribution < -0.4 is 0 Å². The molecule has 0 saturated carbocycles. The SMILES string of the molecule is CCc1cc2c(CC)ccnc2s1. The van der Waals surface area contributed by atoms with Gasteiger partial charge in [-0.05, 0) is 30.5 Å². The molecule has 0 atom stereocenters. The van der Waals surface area contributed by atoms with E-state index in [-0.39, 0.29) is 0 Å². The molecule has 0 unspecified atom stereocenters. The number of hydrogen-bond acceptors (Lipinski definition) is 2. The molecule has 0 radical (unpaired) electrons. The number of rotatable bonds is 2. The smallest absolute Gasteiger partial charge is 0.123 e. The number of hydrogen-bond donors (Lipinski definition) is 0. The lowest BCUT2D eigenvalue weighted by Crippen LogP contribution is -1.81. The van der Waals surface area contributed by atoms with Crippen molar-refractivity contribution in [3.8, 4) is 0 Å². The molecule has 2 heteroatoms. The molecule has 0 aliphatic rings. The average molecular weight is 191 g/mol. The first kappa shape index (κ1) is 8.70. The molecular weight excluding hydrogens is 178 g/mol. The quantitative estimate of drug-likeness (QED) is 0.708. The maximum Gasteiger partial charge on any atom is 0.123 e. The van der Waals surface area contributed by atoms with E-state index in [2.05, 4.69) is 31.0 Å². The highest BCUT2D eigenvalue weighted by Gasteiger charge is 2.04. The largest absolute Gasteiger partial charge is 0.245 e. The molecule has 1 nitrogen and oxygen atoms in total. The molecule has 0 saturated heterocycles. The van der Waals surface area contributed by atoms with Gasteiger partial charge in [0.1, 0.15) is 4.83 Å². The monoisotopic (exact) mass is 191 g/mol. The average Bonchev–Trinajstić information content (AvgIpc) is 2.59. The minimum Gasteiger partial charge on any atom is -0.245 e. The summed E-state index contributed by atoms with van der Waals surface area (Å²) in [5.41, 5.74) is 1.42. The van der Waals surface area contributed by atoms with E-state index in [0.29, 0.717) is 0 Å². The Hall–Kier alpha value is -0.890. The van der Waals surface area contributed by atoms with E-state index >= 15 is 0 Å². The third kappa shape index (κ3) is 1.46. The normalized spacial score (nSPS) is 10.9. The molecule has 0 bridgehead atoms. The molecule has 68 valence electrons. The maximum absolute atomic E-state index is 4.38. The lowest BCUT2D eigenvalue weighted by atomic mass is 10.1. The lowest BCUT2D eigenvalue weighted by Gasteiger charge is -1.95. The maximum atomic E-state index is 4.38. The van der Waals surface area contributed by atoms with Crippen LogP contribution in [0.4, 0.5) is 0 Å². The van der Waals surface area contributed by atoms with Crippen LogP contribution in [0.2, 0.25) is 0 Å². The Morgan fingerprint density at radius 1 is 1.31 bits per heavy atom. The van der Waals surface area contributed by atoms with Crippen molar-refractivity contribution in [2.75, 3.05) is 0 Å². The number of aryl methyl sites for hydroxylation is 2. The zero-order chi connectivity index (χ0) is 9.26. The van der Waals surface area contributed by atoms with Crippen molar-refractivity contribution in [2.45, 2.75) is 26.7 Å². The molecule has 0 aromatic carbocycles. The van der Waals surface area contributed by atoms with Gasteiger partial charge in [-0.3, -0.25) is 0 Å². The van der Waals surface area contributed by atoms with Crippen molar-refractivity contribution in [1.82, 2.24) is 4.98 Å². The van der Waals surface area contributed by atoms with Gasteiger partial charge in [0.15, 0.2) is 0 Å². The highest BCUT2D eigenvalue weighted by Crippen LogP contribution is 2.26. The Bertz CT molecular complexity index is 417. The van der Waals surface area contributed by atoms with Gasteiger partial charge in [0.25, 0.3) is 0 Å². The molecule has 2 heterocycles. The highest BCUT2D eigenvalue weighted by molar-refractivity contribution is 7.18. The van der Waals surface area contributed by atoms with E-state index < -0.39 is 0 Å². The van der Waals surface area contributed by atoms with E-state index in [9.17, 15) is 0 Å². The van der Waals surface area contributed by atoms with Crippen LogP contribution in [0.5, 0.6) is 0 Å². The standard InChI is InChI=1S/C11H13NS/c1-3-8-5-6-12-11-10(8)7-9(4-2)13-11/h5-7H,3-4H2,1-2H3. The minimum absolute atomic E-state index is 1.10. The van der Waals surface area contributed by atoms with Crippen molar-refractivity contribution in [3.63, 3.8) is 0 Å². The van der Waals surface area contributed by atoms with Crippen LogP contribution in [-0.4, -0.2) is 4.98 Å². The fourth-order valence-corrected chi connectivity index (χ4v) is 2.51. The van der Waals surface area contributed by atoms with Gasteiger partial charge in [-0.1, -0.05) is 13.8 Å². The molecule has 0 spiro atoms. The summed E-state index contributed by atoms with van der Waals surface area (Å²) in [5.74, 6) is 0. The fourth-order valence-electron chi connectivity index (χ4n) is 1.52. The molecule has 13 heavy (non-hydrogen) atoms. The van der Waals surface area contributed by atoms with Gasteiger partial charge in [0.05, 0.1) is 0 Å². The van der Waals surface area contributed by atoms with Crippen LogP contribution in [0.3, 0.4) is 0 Å². The first-order chi connectivity index (χ1) is 6.35. The summed E-state index contributed by atoms with van der Waals surface area (Å²) in [6, 6.07) is 4.40. The van der Waals surface area contributed by atoms with Crippen molar-refractivity contribution in [2.24, 2.45) is 0 Å². The Kier molecular flexibility index (Phi) is 2.32. The predicted molar refractivity (Wildman–Crippen MR) is 58.4 cm³/mol. The second-order valence-corrected chi connectivity index (χ2v) is 4.22. The van der Waals surface area contributed by atoms with E-state index in [1.54, 1.807) is 0 Å². The summed E-state index contributed by atoms with van der Waals surface area (Å²) < 4.78 is 0. The lowest BCUT2D eigenvalue weighted by molar-refractivity contribution is 1.15. The Morgan fingerprint density at radius 2 is 2.15 bits per heavy atom. The number of pyridine rings is 1. The van der Waals surface area contributed by atoms with E-state index in [1.165, 1.54) is 20.7 Å². The topological polar surface area (TPSA) is 12.9 Å². The van der Waals surface area contributed by atoms with Gasteiger partial charge >= 0.3 is 0 Å². The summed E-state index contributed by atoms with van der Waals surface area (Å²) in [6.07, 6.45) is 4.13. The van der Waals surface area contributed by atoms with Crippen molar-refractivity contribution in [1.29, 1.82) is 0 Å². The van der Waals surface area contributed by atoms with Gasteiger partial charge in [0, 0.05) is 16.5 Å². The Balaban J connectivity index is 2.67. The molecule has 0 fully saturated rings. The van der Waals surface area contributed by atoms with Crippen LogP contribution >= 0.6 is 11.3 Å². The first-order valence-corrected chi connectivity index (χ1v) is 5.53. The van der Waals surface area contributed by atoms with Crippen molar-refractivity contribution < 1.29 is 0 Å². The zero-order valence-corrected chi connectivity index (χ0v) is 8.82. The number of thiophene rings is 1. The highest BCUT2D eigenvalue weighted by atomic mass is 32.1. The molecular formula is C11H13NS. The van der Waals surface area contributed by atoms with Gasteiger partial charge in [-0.2, -0.15) is 0 Å². The van der Waals surface area contributed by atoms with Gasteiger partial charge < -0.3 is 0 Å². The van der Waals surface area contributed by atoms with Crippen molar-refractivity contribution >= 4 is 21.6 Å². The predicted octanol–water partition coefficient (Wildman–Crippen LogP) is 3.42. The van der Waals surface area contributed by atoms with Gasteiger partial charge in [0.2, 0.25) is 0 Å². The molecule has 0 amide bonds. The molecule has 2 aromatic heterocycles. The van der Waals surface area contributed by atoms with E-state index in [1.807, 2.05) is 17.5 Å². The summed E-state index contributed by atoms with van der Waals surface area (Å²) >= 11 is 1.82. The van der Waals surface area contributed by atoms with Crippen LogP contribution in [0.25, 0.3) is 10.2 Å². The summed E-state index contributed by atoms with van der Waals surface area (Å²) in [4.78, 5) is 7.00. The number of fused-ring (bicyclic) bond motifs is 1. The first-order valence-electron chi connectivity index (χ1n) is 4.71. The summed E-state index contributed by atoms with van der Waals surface area (Å²) in [6.45, 7) is 4.38. The van der Waals surface area contributed by atoms with Gasteiger partial charge in [-0.15, -0.1) is 11.3 Å². The third-order valence-corrected chi connectivity index (χ3v) is 3.49. The van der Waals surface area contributed by atoms with Crippen LogP contribution in [0, 0.1) is 0 Å². The molecule has 2 aromatic rings. The number of aromatic nitrogens is 1. The van der Waals surface area contributed by atoms with Crippen LogP contribution in [0.1, 0.15) is 24.3 Å². The van der Waals surface area contributed by atoms with E-state index in [0.717, 1.165) is 12.8 Å². The molecule has 0 aliphatic heterocycles. The Morgan fingerprint density at radius 3 is 2.85 bits per heavy atom. The second-order valence-electron chi connectivity index (χ2n) is 3.11. The molecule has 0 N–H and O–H groups in total. The van der Waals surface area contributed by atoms with Gasteiger partial charge in [-0.25, -0.2) is 4.98 Å². The molecule has 0 aliphatic carbocycles. The minimum atomic E-state index is 1.10. The third-order valence-electron chi connectivity index (χ3n) is 2.31. The zero-order valence-electron chi connectivity index (χ0n) is 8.00. The van der Waals surface area contributed by atoms with Crippen LogP contribution in [-0.2, 0) is 12.8 Å².